The molecule has 0 spiro atoms. The molecule has 0 heterocycles. The molecule has 0 bridgehead atoms. The average molecular weight is 134 g/mol. The lowest BCUT2D eigenvalue weighted by atomic mass is 10.3. The van der Waals surface area contributed by atoms with E-state index in [4.69, 9.17) is 15.9 Å². The van der Waals surface area contributed by atoms with Gasteiger partial charge in [0.15, 0.2) is 0 Å². The largest absolute Gasteiger partial charge is 0.379 e. The summed E-state index contributed by atoms with van der Waals surface area (Å²) >= 11 is 0. The molecular weight excluding hydrogens is 120 g/mol. The monoisotopic (exact) mass is 134 g/mol. The molecule has 9 heavy (non-hydrogen) atoms. The molecule has 0 amide bonds. The quantitative estimate of drug-likeness (QED) is 0.357. The van der Waals surface area contributed by atoms with Gasteiger partial charge in [0.05, 0.1) is 0 Å². The van der Waals surface area contributed by atoms with Crippen molar-refractivity contribution in [1.29, 1.82) is 0 Å². The van der Waals surface area contributed by atoms with Gasteiger partial charge in [-0.15, -0.1) is 0 Å². The fraction of sp³-hybridized carbons (Fsp3) is 1.00. The summed E-state index contributed by atoms with van der Waals surface area (Å²) in [5, 5.41) is 20.1. The third-order valence-corrected chi connectivity index (χ3v) is 0.755. The van der Waals surface area contributed by atoms with E-state index < -0.39 is 12.0 Å². The molecule has 0 radical (unpaired) electrons. The van der Waals surface area contributed by atoms with Crippen molar-refractivity contribution < 1.29 is 10.2 Å². The van der Waals surface area contributed by atoms with Crippen LogP contribution >= 0.6 is 0 Å². The van der Waals surface area contributed by atoms with E-state index in [1.54, 1.807) is 6.92 Å². The lowest BCUT2D eigenvalue weighted by Gasteiger charge is -2.18. The third-order valence-electron chi connectivity index (χ3n) is 0.755. The van der Waals surface area contributed by atoms with Crippen molar-refractivity contribution in [3.05, 3.63) is 0 Å². The van der Waals surface area contributed by atoms with E-state index in [1.807, 2.05) is 0 Å². The van der Waals surface area contributed by atoms with Crippen LogP contribution in [0.5, 0.6) is 0 Å². The Hall–Kier alpha value is -0.160. The highest BCUT2D eigenvalue weighted by molar-refractivity contribution is 4.66. The Morgan fingerprint density at radius 1 is 1.78 bits per heavy atom. The molecule has 0 saturated carbocycles. The zero-order valence-electron chi connectivity index (χ0n) is 5.76. The second-order valence-electron chi connectivity index (χ2n) is 2.41. The second-order valence-corrected chi connectivity index (χ2v) is 2.41. The molecule has 0 aliphatic heterocycles. The van der Waals surface area contributed by atoms with Gasteiger partial charge in [-0.25, -0.2) is 0 Å². The Bertz CT molecular complexity index is 77.5. The lowest BCUT2D eigenvalue weighted by Crippen LogP contribution is -2.48. The van der Waals surface area contributed by atoms with E-state index in [9.17, 15) is 0 Å². The van der Waals surface area contributed by atoms with Gasteiger partial charge >= 0.3 is 0 Å². The number of rotatable bonds is 3. The zero-order valence-corrected chi connectivity index (χ0v) is 5.76. The first-order valence-corrected chi connectivity index (χ1v) is 2.84. The van der Waals surface area contributed by atoms with Gasteiger partial charge in [-0.1, -0.05) is 0 Å². The van der Waals surface area contributed by atoms with Crippen molar-refractivity contribution in [3.8, 4) is 0 Å². The van der Waals surface area contributed by atoms with Gasteiger partial charge in [-0.05, 0) is 13.8 Å². The van der Waals surface area contributed by atoms with Crippen molar-refractivity contribution in [3.63, 3.8) is 0 Å². The van der Waals surface area contributed by atoms with Crippen LogP contribution in [0.2, 0.25) is 0 Å². The molecule has 0 fully saturated rings. The highest BCUT2D eigenvalue weighted by Gasteiger charge is 2.12. The highest BCUT2D eigenvalue weighted by Crippen LogP contribution is 1.87. The van der Waals surface area contributed by atoms with Crippen LogP contribution in [-0.2, 0) is 0 Å². The summed E-state index contributed by atoms with van der Waals surface area (Å²) in [6.07, 6.45) is -0.625. The van der Waals surface area contributed by atoms with Gasteiger partial charge < -0.3 is 15.9 Å². The Kier molecular flexibility index (Phi) is 3.07. The van der Waals surface area contributed by atoms with Crippen molar-refractivity contribution in [2.24, 2.45) is 5.73 Å². The Morgan fingerprint density at radius 2 is 2.22 bits per heavy atom. The minimum absolute atomic E-state index is 0.185. The van der Waals surface area contributed by atoms with Crippen molar-refractivity contribution in [1.82, 2.24) is 5.32 Å². The molecule has 0 aliphatic rings. The van der Waals surface area contributed by atoms with E-state index in [0.717, 1.165) is 0 Å². The van der Waals surface area contributed by atoms with Gasteiger partial charge in [0.2, 0.25) is 0 Å². The zero-order chi connectivity index (χ0) is 7.49. The number of aliphatic hydroxyl groups is 2. The highest BCUT2D eigenvalue weighted by atomic mass is 16.3. The standard InChI is InChI=1S/C5H14N2O2/c1-4(8)7-3-5(2,6)9/h4,7-9H,3,6H2,1-2H3. The minimum Gasteiger partial charge on any atom is -0.379 e. The van der Waals surface area contributed by atoms with Crippen molar-refractivity contribution in [2.45, 2.75) is 25.8 Å². The molecule has 0 saturated heterocycles. The molecule has 0 aromatic rings. The molecule has 0 aromatic heterocycles. The summed E-state index contributed by atoms with van der Waals surface area (Å²) in [7, 11) is 0. The maximum atomic E-state index is 8.87. The van der Waals surface area contributed by atoms with Gasteiger partial charge in [-0.2, -0.15) is 0 Å². The summed E-state index contributed by atoms with van der Waals surface area (Å²) in [4.78, 5) is 0. The van der Waals surface area contributed by atoms with E-state index in [-0.39, 0.29) is 6.54 Å². The number of hydrogen-bond donors (Lipinski definition) is 4. The molecule has 2 atom stereocenters. The normalized spacial score (nSPS) is 21.0. The summed E-state index contributed by atoms with van der Waals surface area (Å²) in [6, 6.07) is 0. The summed E-state index contributed by atoms with van der Waals surface area (Å²) < 4.78 is 0. The molecule has 0 aliphatic carbocycles. The van der Waals surface area contributed by atoms with Crippen LogP contribution in [0, 0.1) is 0 Å². The van der Waals surface area contributed by atoms with Gasteiger partial charge in [0.25, 0.3) is 0 Å². The molecule has 5 N–H and O–H groups in total. The Labute approximate surface area is 54.7 Å². The summed E-state index contributed by atoms with van der Waals surface area (Å²) in [5.41, 5.74) is 3.93. The number of hydrogen-bond acceptors (Lipinski definition) is 4. The number of aliphatic hydroxyl groups excluding tert-OH is 1. The first-order valence-electron chi connectivity index (χ1n) is 2.84. The number of nitrogens with two attached hydrogens (primary N) is 1. The van der Waals surface area contributed by atoms with E-state index in [2.05, 4.69) is 5.32 Å². The minimum atomic E-state index is -1.24. The van der Waals surface area contributed by atoms with Crippen LogP contribution in [0.4, 0.5) is 0 Å². The van der Waals surface area contributed by atoms with Gasteiger partial charge in [0.1, 0.15) is 12.0 Å². The number of nitrogens with one attached hydrogen (secondary N) is 1. The molecular formula is C5H14N2O2. The summed E-state index contributed by atoms with van der Waals surface area (Å²) in [6.45, 7) is 3.21. The average Bonchev–Trinajstić information content (AvgIpc) is 1.59. The predicted octanol–water partition coefficient (Wildman–Crippen LogP) is -1.42. The van der Waals surface area contributed by atoms with Gasteiger partial charge in [-0.3, -0.25) is 5.32 Å². The van der Waals surface area contributed by atoms with Crippen LogP contribution in [0.25, 0.3) is 0 Å². The fourth-order valence-electron chi connectivity index (χ4n) is 0.354. The molecule has 4 nitrogen and oxygen atoms in total. The fourth-order valence-corrected chi connectivity index (χ4v) is 0.354. The lowest BCUT2D eigenvalue weighted by molar-refractivity contribution is 0.0444. The summed E-state index contributed by atoms with van der Waals surface area (Å²) in [5.74, 6) is 0. The van der Waals surface area contributed by atoms with Crippen LogP contribution < -0.4 is 11.1 Å². The maximum absolute atomic E-state index is 8.87. The molecule has 2 unspecified atom stereocenters. The topological polar surface area (TPSA) is 78.5 Å². The molecule has 56 valence electrons. The van der Waals surface area contributed by atoms with Crippen LogP contribution in [0.3, 0.4) is 0 Å². The SMILES string of the molecule is CC(O)NCC(C)(N)O. The third kappa shape index (κ3) is 7.84. The maximum Gasteiger partial charge on any atom is 0.123 e. The first-order chi connectivity index (χ1) is 3.92. The van der Waals surface area contributed by atoms with Crippen LogP contribution in [0.15, 0.2) is 0 Å². The molecule has 4 heteroatoms. The van der Waals surface area contributed by atoms with Crippen LogP contribution in [0.1, 0.15) is 13.8 Å². The van der Waals surface area contributed by atoms with E-state index >= 15 is 0 Å². The van der Waals surface area contributed by atoms with Crippen molar-refractivity contribution in [2.75, 3.05) is 6.54 Å². The Balaban J connectivity index is 3.28. The van der Waals surface area contributed by atoms with E-state index in [1.165, 1.54) is 6.92 Å². The second kappa shape index (κ2) is 3.12. The molecule has 0 rings (SSSR count). The molecule has 0 aromatic carbocycles. The smallest absolute Gasteiger partial charge is 0.123 e. The predicted molar refractivity (Wildman–Crippen MR) is 34.5 cm³/mol. The van der Waals surface area contributed by atoms with Crippen molar-refractivity contribution >= 4 is 0 Å². The Morgan fingerprint density at radius 3 is 2.33 bits per heavy atom. The van der Waals surface area contributed by atoms with Gasteiger partial charge in [0, 0.05) is 6.54 Å². The van der Waals surface area contributed by atoms with E-state index in [0.29, 0.717) is 0 Å². The first kappa shape index (κ1) is 8.84. The van der Waals surface area contributed by atoms with Crippen LogP contribution in [-0.4, -0.2) is 28.7 Å².